The lowest BCUT2D eigenvalue weighted by Gasteiger charge is -2.70. The van der Waals surface area contributed by atoms with Gasteiger partial charge in [0.1, 0.15) is 6.10 Å². The van der Waals surface area contributed by atoms with E-state index in [4.69, 9.17) is 17.0 Å². The SMILES string of the molecule is CC(=O)O[C@H]1CC[C@]2(C)[C@H]3C(=O)C=C4[C@@H]5C[C@@](C)(C(=O)NNC(=S)Nc6ccccc6)CC[C@]5(C)CC[C@@]4(C)[C@]3(C)CC[C@H]2C1(C)C. The van der Waals surface area contributed by atoms with Crippen LogP contribution < -0.4 is 16.2 Å². The molecule has 0 radical (unpaired) electrons. The first-order valence-corrected chi connectivity index (χ1v) is 18.2. The third-order valence-corrected chi connectivity index (χ3v) is 14.9. The van der Waals surface area contributed by atoms with Crippen LogP contribution in [0.3, 0.4) is 0 Å². The number of allylic oxidation sites excluding steroid dienone is 2. The first kappa shape index (κ1) is 34.1. The van der Waals surface area contributed by atoms with Gasteiger partial charge in [-0.2, -0.15) is 0 Å². The maximum atomic E-state index is 14.7. The molecule has 3 N–H and O–H groups in total. The van der Waals surface area contributed by atoms with Crippen molar-refractivity contribution >= 4 is 40.7 Å². The fourth-order valence-corrected chi connectivity index (χ4v) is 11.9. The van der Waals surface area contributed by atoms with Crippen LogP contribution >= 0.6 is 12.2 Å². The Hall–Kier alpha value is -2.74. The van der Waals surface area contributed by atoms with E-state index in [0.717, 1.165) is 57.1 Å². The monoisotopic (exact) mass is 661 g/mol. The Kier molecular flexibility index (Phi) is 8.29. The van der Waals surface area contributed by atoms with Crippen molar-refractivity contribution in [1.29, 1.82) is 0 Å². The third-order valence-electron chi connectivity index (χ3n) is 14.7. The summed E-state index contributed by atoms with van der Waals surface area (Å²) in [5.41, 5.74) is 6.75. The number of thiocarbonyl (C=S) groups is 1. The lowest BCUT2D eigenvalue weighted by molar-refractivity contribution is -0.210. The van der Waals surface area contributed by atoms with Gasteiger partial charge in [-0.1, -0.05) is 72.2 Å². The average Bonchev–Trinajstić information content (AvgIpc) is 2.99. The molecule has 1 aromatic carbocycles. The molecule has 0 bridgehead atoms. The molecule has 4 fully saturated rings. The number of ether oxygens (including phenoxy) is 1. The Labute approximate surface area is 286 Å². The van der Waals surface area contributed by atoms with Crippen LogP contribution in [0.1, 0.15) is 113 Å². The van der Waals surface area contributed by atoms with Crippen molar-refractivity contribution < 1.29 is 19.1 Å². The van der Waals surface area contributed by atoms with Crippen LogP contribution in [0.25, 0.3) is 0 Å². The van der Waals surface area contributed by atoms with Crippen molar-refractivity contribution in [3.8, 4) is 0 Å². The number of hydrazine groups is 1. The molecule has 6 rings (SSSR count). The highest BCUT2D eigenvalue weighted by Crippen LogP contribution is 2.75. The van der Waals surface area contributed by atoms with E-state index in [1.54, 1.807) is 0 Å². The summed E-state index contributed by atoms with van der Waals surface area (Å²) in [6, 6.07) is 9.64. The topological polar surface area (TPSA) is 96.5 Å². The largest absolute Gasteiger partial charge is 0.462 e. The van der Waals surface area contributed by atoms with E-state index in [1.807, 2.05) is 30.3 Å². The van der Waals surface area contributed by atoms with Crippen molar-refractivity contribution in [2.45, 2.75) is 119 Å². The number of ketones is 1. The molecule has 0 aliphatic heterocycles. The maximum absolute atomic E-state index is 14.7. The average molecular weight is 662 g/mol. The number of anilines is 1. The van der Waals surface area contributed by atoms with Crippen LogP contribution in [-0.4, -0.2) is 28.9 Å². The highest BCUT2D eigenvalue weighted by molar-refractivity contribution is 7.80. The van der Waals surface area contributed by atoms with Gasteiger partial charge in [0.05, 0.1) is 0 Å². The zero-order valence-electron chi connectivity index (χ0n) is 29.7. The Morgan fingerprint density at radius 3 is 2.23 bits per heavy atom. The molecule has 9 atom stereocenters. The second-order valence-electron chi connectivity index (χ2n) is 17.6. The van der Waals surface area contributed by atoms with Gasteiger partial charge in [0.2, 0.25) is 5.91 Å². The summed E-state index contributed by atoms with van der Waals surface area (Å²) >= 11 is 5.46. The zero-order chi connectivity index (χ0) is 34.2. The Morgan fingerprint density at radius 1 is 0.872 bits per heavy atom. The predicted molar refractivity (Wildman–Crippen MR) is 189 cm³/mol. The molecule has 1 amide bonds. The third kappa shape index (κ3) is 5.27. The summed E-state index contributed by atoms with van der Waals surface area (Å²) in [4.78, 5) is 40.5. The van der Waals surface area contributed by atoms with Crippen LogP contribution in [0, 0.1) is 50.2 Å². The van der Waals surface area contributed by atoms with Gasteiger partial charge in [-0.05, 0) is 122 Å². The van der Waals surface area contributed by atoms with E-state index in [2.05, 4.69) is 70.7 Å². The molecule has 0 saturated heterocycles. The molecule has 4 saturated carbocycles. The first-order chi connectivity index (χ1) is 21.9. The minimum Gasteiger partial charge on any atom is -0.462 e. The summed E-state index contributed by atoms with van der Waals surface area (Å²) in [6.45, 7) is 17.7. The quantitative estimate of drug-likeness (QED) is 0.172. The van der Waals surface area contributed by atoms with Gasteiger partial charge in [0, 0.05) is 29.4 Å². The van der Waals surface area contributed by atoms with E-state index < -0.39 is 5.41 Å². The predicted octanol–water partition coefficient (Wildman–Crippen LogP) is 7.92. The number of hydrogen-bond donors (Lipinski definition) is 3. The number of rotatable bonds is 3. The molecule has 0 spiro atoms. The van der Waals surface area contributed by atoms with Crippen LogP contribution in [0.5, 0.6) is 0 Å². The van der Waals surface area contributed by atoms with Gasteiger partial charge >= 0.3 is 5.97 Å². The number of hydrogen-bond acceptors (Lipinski definition) is 5. The molecule has 5 aliphatic carbocycles. The van der Waals surface area contributed by atoms with Crippen molar-refractivity contribution in [2.75, 3.05) is 5.32 Å². The molecule has 8 heteroatoms. The summed E-state index contributed by atoms with van der Waals surface area (Å²) in [7, 11) is 0. The van der Waals surface area contributed by atoms with E-state index in [1.165, 1.54) is 12.5 Å². The standard InChI is InChI=1S/C39H55N3O4S/c1-24(43)46-30-15-16-37(6)29(34(30,2)3)14-17-39(8)31(37)28(44)22-26-27-23-36(5,19-18-35(27,4)20-21-38(26,39)7)32(45)41-42-33(47)40-25-12-10-9-11-13-25/h9-13,22,27,29-31H,14-21,23H2,1-8H3,(H,41,45)(H2,40,42,47)/t27-,29-,30-,31+,35+,36-,37-,38+,39+/m0/s1. The van der Waals surface area contributed by atoms with Crippen LogP contribution in [0.15, 0.2) is 42.0 Å². The highest BCUT2D eigenvalue weighted by Gasteiger charge is 2.70. The highest BCUT2D eigenvalue weighted by atomic mass is 32.1. The van der Waals surface area contributed by atoms with E-state index >= 15 is 0 Å². The van der Waals surface area contributed by atoms with Gasteiger partial charge in [0.15, 0.2) is 10.9 Å². The molecule has 256 valence electrons. The summed E-state index contributed by atoms with van der Waals surface area (Å²) in [5, 5.41) is 3.46. The molecule has 47 heavy (non-hydrogen) atoms. The number of esters is 1. The normalized spacial score (nSPS) is 41.9. The Balaban J connectivity index is 1.26. The van der Waals surface area contributed by atoms with Crippen LogP contribution in [-0.2, 0) is 19.1 Å². The second-order valence-corrected chi connectivity index (χ2v) is 18.0. The number of nitrogens with one attached hydrogen (secondary N) is 3. The number of carbonyl (C=O) groups is 3. The zero-order valence-corrected chi connectivity index (χ0v) is 30.5. The minimum absolute atomic E-state index is 0.0530. The number of fused-ring (bicyclic) bond motifs is 7. The molecular formula is C39H55N3O4S. The van der Waals surface area contributed by atoms with Gasteiger partial charge < -0.3 is 10.1 Å². The molecule has 5 aliphatic rings. The Morgan fingerprint density at radius 2 is 1.55 bits per heavy atom. The van der Waals surface area contributed by atoms with Gasteiger partial charge in [-0.3, -0.25) is 25.2 Å². The number of carbonyl (C=O) groups excluding carboxylic acids is 3. The fraction of sp³-hybridized carbons (Fsp3) is 0.692. The van der Waals surface area contributed by atoms with E-state index in [9.17, 15) is 14.4 Å². The number of benzene rings is 1. The molecule has 0 heterocycles. The molecule has 0 aromatic heterocycles. The van der Waals surface area contributed by atoms with Crippen molar-refractivity contribution in [1.82, 2.24) is 10.9 Å². The van der Waals surface area contributed by atoms with Gasteiger partial charge in [0.25, 0.3) is 0 Å². The second kappa shape index (κ2) is 11.4. The summed E-state index contributed by atoms with van der Waals surface area (Å²) < 4.78 is 5.88. The van der Waals surface area contributed by atoms with E-state index in [-0.39, 0.29) is 62.7 Å². The first-order valence-electron chi connectivity index (χ1n) is 17.8. The Bertz CT molecular complexity index is 1510. The molecule has 7 nitrogen and oxygen atoms in total. The maximum Gasteiger partial charge on any atom is 0.302 e. The number of para-hydroxylation sites is 1. The fourth-order valence-electron chi connectivity index (χ4n) is 11.7. The minimum atomic E-state index is -0.595. The van der Waals surface area contributed by atoms with Crippen LogP contribution in [0.2, 0.25) is 0 Å². The van der Waals surface area contributed by atoms with Gasteiger partial charge in [-0.15, -0.1) is 0 Å². The summed E-state index contributed by atoms with van der Waals surface area (Å²) in [6.07, 6.45) is 10.2. The molecule has 0 unspecified atom stereocenters. The summed E-state index contributed by atoms with van der Waals surface area (Å²) in [5.74, 6) is 0.360. The van der Waals surface area contributed by atoms with E-state index in [0.29, 0.717) is 17.5 Å². The lowest BCUT2D eigenvalue weighted by atomic mass is 9.33. The van der Waals surface area contributed by atoms with Gasteiger partial charge in [-0.25, -0.2) is 0 Å². The number of amides is 1. The lowest BCUT2D eigenvalue weighted by Crippen LogP contribution is -2.67. The smallest absolute Gasteiger partial charge is 0.302 e. The van der Waals surface area contributed by atoms with Crippen molar-refractivity contribution in [3.63, 3.8) is 0 Å². The van der Waals surface area contributed by atoms with Crippen LogP contribution in [0.4, 0.5) is 5.69 Å². The molecule has 1 aromatic rings. The van der Waals surface area contributed by atoms with Crippen molar-refractivity contribution in [3.05, 3.63) is 42.0 Å². The molecular weight excluding hydrogens is 607 g/mol. The van der Waals surface area contributed by atoms with Crippen molar-refractivity contribution in [2.24, 2.45) is 50.2 Å².